The second-order valence-corrected chi connectivity index (χ2v) is 13.9. The second-order valence-electron chi connectivity index (χ2n) is 12.3. The van der Waals surface area contributed by atoms with Gasteiger partial charge in [-0.1, -0.05) is 12.0 Å². The van der Waals surface area contributed by atoms with Crippen LogP contribution in [0.15, 0.2) is 47.4 Å². The van der Waals surface area contributed by atoms with Crippen LogP contribution in [0.25, 0.3) is 15.7 Å². The zero-order valence-electron chi connectivity index (χ0n) is 25.1. The Morgan fingerprint density at radius 1 is 1.11 bits per heavy atom. The number of hydrogen-bond acceptors (Lipinski definition) is 7. The van der Waals surface area contributed by atoms with Crippen molar-refractivity contribution in [3.8, 4) is 17.6 Å². The lowest BCUT2D eigenvalue weighted by molar-refractivity contribution is -0.200. The van der Waals surface area contributed by atoms with Crippen LogP contribution in [0.5, 0.6) is 5.75 Å². The number of nitrogens with zero attached hydrogens (tertiary/aromatic N) is 3. The summed E-state index contributed by atoms with van der Waals surface area (Å²) in [4.78, 5) is 5.49. The van der Waals surface area contributed by atoms with Gasteiger partial charge in [0.15, 0.2) is 5.75 Å². The average Bonchev–Trinajstić information content (AvgIpc) is 3.30. The number of ether oxygens (including phenoxy) is 2. The van der Waals surface area contributed by atoms with Gasteiger partial charge in [-0.05, 0) is 61.9 Å². The maximum Gasteiger partial charge on any atom is 0.406 e. The van der Waals surface area contributed by atoms with E-state index in [1.54, 1.807) is 18.2 Å². The van der Waals surface area contributed by atoms with E-state index >= 15 is 0 Å². The Morgan fingerprint density at radius 2 is 1.87 bits per heavy atom. The zero-order valence-corrected chi connectivity index (χ0v) is 25.9. The van der Waals surface area contributed by atoms with E-state index in [4.69, 9.17) is 21.2 Å². The second kappa shape index (κ2) is 12.7. The molecule has 6 rings (SSSR count). The molecular weight excluding hydrogens is 621 g/mol. The van der Waals surface area contributed by atoms with Crippen molar-refractivity contribution < 1.29 is 31.1 Å². The number of rotatable bonds is 9. The van der Waals surface area contributed by atoms with Crippen LogP contribution in [-0.2, 0) is 21.3 Å². The van der Waals surface area contributed by atoms with Crippen LogP contribution in [0.3, 0.4) is 0 Å². The highest BCUT2D eigenvalue weighted by atomic mass is 32.2. The SMILES string of the molecule is [C-]#[N+]COc1cc(S(N)(=O)=O)ccc1NCC#Cc1cc2c(NC3CCC(N4CC5(COC5)C4)CC3)cccc2n1CC(F)(F)F. The minimum absolute atomic E-state index is 0.0101. The largest absolute Gasteiger partial charge is 0.424 e. The van der Waals surface area contributed by atoms with E-state index < -0.39 is 22.7 Å². The van der Waals surface area contributed by atoms with Gasteiger partial charge in [-0.25, -0.2) is 20.1 Å². The van der Waals surface area contributed by atoms with Crippen molar-refractivity contribution in [2.45, 2.75) is 55.4 Å². The summed E-state index contributed by atoms with van der Waals surface area (Å²) in [7, 11) is -4.00. The van der Waals surface area contributed by atoms with E-state index in [1.165, 1.54) is 22.8 Å². The Kier molecular flexibility index (Phi) is 8.83. The van der Waals surface area contributed by atoms with E-state index in [1.807, 2.05) is 6.07 Å². The molecule has 2 aliphatic heterocycles. The third-order valence-electron chi connectivity index (χ3n) is 8.90. The molecule has 0 radical (unpaired) electrons. The van der Waals surface area contributed by atoms with Gasteiger partial charge in [0, 0.05) is 47.7 Å². The van der Waals surface area contributed by atoms with E-state index in [0.29, 0.717) is 28.0 Å². The molecule has 4 N–H and O–H groups in total. The molecule has 3 aromatic rings. The van der Waals surface area contributed by atoms with Crippen LogP contribution in [0.4, 0.5) is 24.5 Å². The Morgan fingerprint density at radius 3 is 2.52 bits per heavy atom. The fraction of sp³-hybridized carbons (Fsp3) is 0.469. The van der Waals surface area contributed by atoms with Crippen molar-refractivity contribution in [3.63, 3.8) is 0 Å². The number of halogens is 3. The molecule has 1 aromatic heterocycles. The van der Waals surface area contributed by atoms with Crippen molar-refractivity contribution in [3.05, 3.63) is 59.6 Å². The van der Waals surface area contributed by atoms with Crippen LogP contribution < -0.4 is 20.5 Å². The highest BCUT2D eigenvalue weighted by Crippen LogP contribution is 2.41. The van der Waals surface area contributed by atoms with Gasteiger partial charge >= 0.3 is 12.9 Å². The minimum atomic E-state index is -4.45. The molecule has 1 spiro atoms. The minimum Gasteiger partial charge on any atom is -0.424 e. The first-order valence-corrected chi connectivity index (χ1v) is 16.6. The lowest BCUT2D eigenvalue weighted by Crippen LogP contribution is -2.68. The van der Waals surface area contributed by atoms with Crippen molar-refractivity contribution >= 4 is 32.3 Å². The van der Waals surface area contributed by atoms with E-state index in [2.05, 4.69) is 32.2 Å². The third kappa shape index (κ3) is 7.05. The highest BCUT2D eigenvalue weighted by molar-refractivity contribution is 7.89. The van der Waals surface area contributed by atoms with Gasteiger partial charge in [0.25, 0.3) is 0 Å². The average molecular weight is 657 g/mol. The molecule has 2 aromatic carbocycles. The maximum atomic E-state index is 13.7. The molecular formula is C32H35F3N6O4S. The van der Waals surface area contributed by atoms with Crippen LogP contribution >= 0.6 is 0 Å². The van der Waals surface area contributed by atoms with Crippen LogP contribution in [0.2, 0.25) is 0 Å². The Balaban J connectivity index is 1.16. The van der Waals surface area contributed by atoms with E-state index in [-0.39, 0.29) is 35.7 Å². The molecule has 2 saturated heterocycles. The summed E-state index contributed by atoms with van der Waals surface area (Å²) in [6.07, 6.45) is -0.313. The molecule has 3 aliphatic rings. The molecule has 1 saturated carbocycles. The smallest absolute Gasteiger partial charge is 0.406 e. The molecule has 244 valence electrons. The standard InChI is InChI=1S/C32H35F3N6O4S/c1-37-21-45-30-15-25(46(36,42)43)11-12-28(30)38-13-3-4-24-14-26-27(5-2-6-29(26)41(24)18-32(33,34)35)39-22-7-9-23(10-8-22)40-16-31(17-40)19-44-20-31/h2,5-6,11-12,14-15,22-23,38-39H,7-10,13,16-21H2,(H2,36,42,43). The van der Waals surface area contributed by atoms with Crippen molar-refractivity contribution in [2.24, 2.45) is 10.6 Å². The summed E-state index contributed by atoms with van der Waals surface area (Å²) in [6, 6.07) is 11.7. The number of primary sulfonamides is 1. The van der Waals surface area contributed by atoms with Gasteiger partial charge in [-0.3, -0.25) is 9.74 Å². The van der Waals surface area contributed by atoms with E-state index in [0.717, 1.165) is 57.7 Å². The first kappa shape index (κ1) is 32.0. The molecule has 10 nitrogen and oxygen atoms in total. The molecule has 1 aliphatic carbocycles. The summed E-state index contributed by atoms with van der Waals surface area (Å²) in [5, 5.41) is 12.5. The summed E-state index contributed by atoms with van der Waals surface area (Å²) in [5.74, 6) is 5.83. The topological polar surface area (TPSA) is 115 Å². The Hall–Kier alpha value is -3.95. The van der Waals surface area contributed by atoms with Crippen molar-refractivity contribution in [1.82, 2.24) is 9.47 Å². The third-order valence-corrected chi connectivity index (χ3v) is 9.81. The predicted octanol–water partition coefficient (Wildman–Crippen LogP) is 4.63. The van der Waals surface area contributed by atoms with Crippen LogP contribution in [0.1, 0.15) is 31.4 Å². The van der Waals surface area contributed by atoms with Crippen molar-refractivity contribution in [1.29, 1.82) is 0 Å². The molecule has 0 bridgehead atoms. The number of aromatic nitrogens is 1. The quantitative estimate of drug-likeness (QED) is 0.228. The van der Waals surface area contributed by atoms with Gasteiger partial charge in [0.05, 0.1) is 41.6 Å². The fourth-order valence-electron chi connectivity index (χ4n) is 6.64. The summed E-state index contributed by atoms with van der Waals surface area (Å²) in [5.41, 5.74) is 2.19. The number of hydrogen-bond donors (Lipinski definition) is 3. The Bertz CT molecular complexity index is 1800. The lowest BCUT2D eigenvalue weighted by Gasteiger charge is -2.58. The number of likely N-dealkylation sites (tertiary alicyclic amines) is 1. The van der Waals surface area contributed by atoms with Gasteiger partial charge in [-0.2, -0.15) is 13.2 Å². The molecule has 0 atom stereocenters. The number of benzene rings is 2. The number of nitrogens with two attached hydrogens (primary N) is 1. The summed E-state index contributed by atoms with van der Waals surface area (Å²) in [6.45, 7) is 9.40. The summed E-state index contributed by atoms with van der Waals surface area (Å²) >= 11 is 0. The lowest BCUT2D eigenvalue weighted by atomic mass is 9.75. The molecule has 3 heterocycles. The number of nitrogens with one attached hydrogen (secondary N) is 2. The molecule has 14 heteroatoms. The van der Waals surface area contributed by atoms with Gasteiger partial charge in [0.1, 0.15) is 6.54 Å². The van der Waals surface area contributed by atoms with Gasteiger partial charge in [0.2, 0.25) is 10.0 Å². The van der Waals surface area contributed by atoms with Crippen LogP contribution in [0, 0.1) is 23.8 Å². The number of sulfonamides is 1. The Labute approximate surface area is 265 Å². The first-order valence-electron chi connectivity index (χ1n) is 15.1. The maximum absolute atomic E-state index is 13.7. The normalized spacial score (nSPS) is 21.0. The van der Waals surface area contributed by atoms with E-state index in [9.17, 15) is 21.6 Å². The number of anilines is 2. The fourth-order valence-corrected chi connectivity index (χ4v) is 7.17. The zero-order chi connectivity index (χ0) is 32.5. The van der Waals surface area contributed by atoms with Crippen LogP contribution in [-0.4, -0.2) is 75.7 Å². The molecule has 0 amide bonds. The van der Waals surface area contributed by atoms with Crippen molar-refractivity contribution in [2.75, 3.05) is 50.2 Å². The van der Waals surface area contributed by atoms with Gasteiger partial charge in [-0.15, -0.1) is 0 Å². The summed E-state index contributed by atoms with van der Waals surface area (Å²) < 4.78 is 76.5. The molecule has 46 heavy (non-hydrogen) atoms. The number of alkyl halides is 3. The van der Waals surface area contributed by atoms with Gasteiger partial charge < -0.3 is 24.7 Å². The first-order chi connectivity index (χ1) is 21.9. The molecule has 3 fully saturated rings. The monoisotopic (exact) mass is 656 g/mol. The highest BCUT2D eigenvalue weighted by Gasteiger charge is 2.50. The molecule has 0 unspecified atom stereocenters. The number of fused-ring (bicyclic) bond motifs is 1. The predicted molar refractivity (Wildman–Crippen MR) is 168 cm³/mol.